The van der Waals surface area contributed by atoms with Gasteiger partial charge in [-0.05, 0) is 49.7 Å². The quantitative estimate of drug-likeness (QED) is 0.854. The Morgan fingerprint density at radius 1 is 1.36 bits per heavy atom. The average molecular weight is 302 g/mol. The highest BCUT2D eigenvalue weighted by atomic mass is 16.5. The van der Waals surface area contributed by atoms with Gasteiger partial charge in [-0.3, -0.25) is 4.79 Å². The van der Waals surface area contributed by atoms with E-state index in [-0.39, 0.29) is 5.91 Å². The molecule has 1 aliphatic carbocycles. The van der Waals surface area contributed by atoms with Crippen LogP contribution in [0.25, 0.3) is 0 Å². The zero-order valence-electron chi connectivity index (χ0n) is 13.6. The van der Waals surface area contributed by atoms with Crippen molar-refractivity contribution in [1.29, 1.82) is 0 Å². The Labute approximate surface area is 132 Å². The zero-order chi connectivity index (χ0) is 15.5. The van der Waals surface area contributed by atoms with Crippen molar-refractivity contribution in [2.45, 2.75) is 52.0 Å². The van der Waals surface area contributed by atoms with E-state index in [0.717, 1.165) is 19.4 Å². The number of fused-ring (bicyclic) bond motifs is 1. The van der Waals surface area contributed by atoms with Crippen molar-refractivity contribution in [2.24, 2.45) is 11.8 Å². The normalized spacial score (nSPS) is 24.4. The average Bonchev–Trinajstić information content (AvgIpc) is 3.01. The first-order chi connectivity index (χ1) is 10.7. The standard InChI is InChI=1S/C18H26N2O2/c1-13(2)12-22-17-15(8-4-10-19-17)18(21)20-11-5-7-14-6-3-9-16(14)20/h4,8,10,13-14,16H,3,5-7,9,11-12H2,1-2H3. The number of pyridine rings is 1. The van der Waals surface area contributed by atoms with Gasteiger partial charge in [0.15, 0.2) is 0 Å². The van der Waals surface area contributed by atoms with Crippen LogP contribution in [0.2, 0.25) is 0 Å². The molecule has 1 aromatic rings. The fourth-order valence-electron chi connectivity index (χ4n) is 3.78. The van der Waals surface area contributed by atoms with E-state index in [9.17, 15) is 4.79 Å². The lowest BCUT2D eigenvalue weighted by molar-refractivity contribution is 0.0542. The third-order valence-corrected chi connectivity index (χ3v) is 4.81. The lowest BCUT2D eigenvalue weighted by Crippen LogP contribution is -2.46. The summed E-state index contributed by atoms with van der Waals surface area (Å²) in [5.74, 6) is 1.71. The predicted octanol–water partition coefficient (Wildman–Crippen LogP) is 3.52. The summed E-state index contributed by atoms with van der Waals surface area (Å²) >= 11 is 0. The topological polar surface area (TPSA) is 42.4 Å². The van der Waals surface area contributed by atoms with E-state index in [1.165, 1.54) is 19.3 Å². The summed E-state index contributed by atoms with van der Waals surface area (Å²) in [5, 5.41) is 0. The van der Waals surface area contributed by atoms with Crippen molar-refractivity contribution in [1.82, 2.24) is 9.88 Å². The van der Waals surface area contributed by atoms with Gasteiger partial charge in [0.05, 0.1) is 6.61 Å². The summed E-state index contributed by atoms with van der Waals surface area (Å²) in [4.78, 5) is 19.4. The smallest absolute Gasteiger partial charge is 0.259 e. The maximum Gasteiger partial charge on any atom is 0.259 e. The molecule has 0 aromatic carbocycles. The van der Waals surface area contributed by atoms with Crippen molar-refractivity contribution in [3.05, 3.63) is 23.9 Å². The minimum absolute atomic E-state index is 0.100. The summed E-state index contributed by atoms with van der Waals surface area (Å²) in [5.41, 5.74) is 0.621. The van der Waals surface area contributed by atoms with Crippen LogP contribution in [0.3, 0.4) is 0 Å². The number of likely N-dealkylation sites (tertiary alicyclic amines) is 1. The summed E-state index contributed by atoms with van der Waals surface area (Å²) in [6.07, 6.45) is 7.77. The molecule has 4 nitrogen and oxygen atoms in total. The molecule has 1 aliphatic heterocycles. The summed E-state index contributed by atoms with van der Waals surface area (Å²) in [6.45, 7) is 5.65. The van der Waals surface area contributed by atoms with Crippen LogP contribution in [0, 0.1) is 11.8 Å². The van der Waals surface area contributed by atoms with Gasteiger partial charge >= 0.3 is 0 Å². The summed E-state index contributed by atoms with van der Waals surface area (Å²) in [7, 11) is 0. The largest absolute Gasteiger partial charge is 0.477 e. The van der Waals surface area contributed by atoms with Crippen LogP contribution in [0.5, 0.6) is 5.88 Å². The first kappa shape index (κ1) is 15.3. The number of carbonyl (C=O) groups excluding carboxylic acids is 1. The lowest BCUT2D eigenvalue weighted by Gasteiger charge is -2.38. The minimum atomic E-state index is 0.100. The number of carbonyl (C=O) groups is 1. The van der Waals surface area contributed by atoms with E-state index in [1.807, 2.05) is 12.1 Å². The number of aromatic nitrogens is 1. The molecule has 1 saturated carbocycles. The van der Waals surface area contributed by atoms with Gasteiger partial charge in [-0.15, -0.1) is 0 Å². The van der Waals surface area contributed by atoms with Crippen LogP contribution in [0.4, 0.5) is 0 Å². The highest BCUT2D eigenvalue weighted by Gasteiger charge is 2.38. The van der Waals surface area contributed by atoms with E-state index < -0.39 is 0 Å². The molecule has 2 unspecified atom stereocenters. The molecule has 120 valence electrons. The molecule has 4 heteroatoms. The number of ether oxygens (including phenoxy) is 1. The SMILES string of the molecule is CC(C)COc1ncccc1C(=O)N1CCCC2CCCC21. The van der Waals surface area contributed by atoms with E-state index >= 15 is 0 Å². The van der Waals surface area contributed by atoms with Crippen molar-refractivity contribution < 1.29 is 9.53 Å². The molecule has 2 atom stereocenters. The molecule has 3 rings (SSSR count). The molecule has 2 heterocycles. The van der Waals surface area contributed by atoms with Gasteiger partial charge in [0, 0.05) is 18.8 Å². The van der Waals surface area contributed by atoms with Crippen LogP contribution in [0.15, 0.2) is 18.3 Å². The monoisotopic (exact) mass is 302 g/mol. The van der Waals surface area contributed by atoms with Gasteiger partial charge in [-0.25, -0.2) is 4.98 Å². The maximum atomic E-state index is 13.0. The third-order valence-electron chi connectivity index (χ3n) is 4.81. The number of hydrogen-bond acceptors (Lipinski definition) is 3. The molecule has 0 bridgehead atoms. The Balaban J connectivity index is 1.79. The molecule has 1 amide bonds. The van der Waals surface area contributed by atoms with Crippen LogP contribution >= 0.6 is 0 Å². The van der Waals surface area contributed by atoms with Crippen LogP contribution in [0.1, 0.15) is 56.3 Å². The molecule has 0 spiro atoms. The Morgan fingerprint density at radius 2 is 2.18 bits per heavy atom. The fraction of sp³-hybridized carbons (Fsp3) is 0.667. The molecule has 0 N–H and O–H groups in total. The van der Waals surface area contributed by atoms with E-state index in [0.29, 0.717) is 35.9 Å². The number of rotatable bonds is 4. The number of nitrogens with zero attached hydrogens (tertiary/aromatic N) is 2. The highest BCUT2D eigenvalue weighted by Crippen LogP contribution is 2.37. The molecule has 1 aromatic heterocycles. The lowest BCUT2D eigenvalue weighted by atomic mass is 9.91. The maximum absolute atomic E-state index is 13.0. The Morgan fingerprint density at radius 3 is 3.00 bits per heavy atom. The molecule has 2 aliphatic rings. The number of piperidine rings is 1. The molecule has 22 heavy (non-hydrogen) atoms. The Hall–Kier alpha value is -1.58. The summed E-state index contributed by atoms with van der Waals surface area (Å²) < 4.78 is 5.76. The van der Waals surface area contributed by atoms with Gasteiger partial charge in [0.2, 0.25) is 5.88 Å². The van der Waals surface area contributed by atoms with E-state index in [4.69, 9.17) is 4.74 Å². The van der Waals surface area contributed by atoms with Crippen molar-refractivity contribution in [2.75, 3.05) is 13.2 Å². The third kappa shape index (κ3) is 3.11. The second-order valence-electron chi connectivity index (χ2n) is 6.96. The Bertz CT molecular complexity index is 530. The van der Waals surface area contributed by atoms with Gasteiger partial charge < -0.3 is 9.64 Å². The van der Waals surface area contributed by atoms with Gasteiger partial charge in [-0.2, -0.15) is 0 Å². The Kier molecular flexibility index (Phi) is 4.65. The number of amides is 1. The van der Waals surface area contributed by atoms with Gasteiger partial charge in [0.1, 0.15) is 5.56 Å². The molecule has 1 saturated heterocycles. The highest BCUT2D eigenvalue weighted by molar-refractivity contribution is 5.96. The molecule has 2 fully saturated rings. The minimum Gasteiger partial charge on any atom is -0.477 e. The van der Waals surface area contributed by atoms with Crippen LogP contribution < -0.4 is 4.74 Å². The number of hydrogen-bond donors (Lipinski definition) is 0. The zero-order valence-corrected chi connectivity index (χ0v) is 13.6. The summed E-state index contributed by atoms with van der Waals surface area (Å²) in [6, 6.07) is 4.11. The van der Waals surface area contributed by atoms with E-state index in [2.05, 4.69) is 23.7 Å². The van der Waals surface area contributed by atoms with Gasteiger partial charge in [0.25, 0.3) is 5.91 Å². The van der Waals surface area contributed by atoms with Crippen molar-refractivity contribution in [3.63, 3.8) is 0 Å². The molecular formula is C18H26N2O2. The second kappa shape index (κ2) is 6.67. The van der Waals surface area contributed by atoms with Gasteiger partial charge in [-0.1, -0.05) is 20.3 Å². The predicted molar refractivity (Wildman–Crippen MR) is 86.0 cm³/mol. The first-order valence-corrected chi connectivity index (χ1v) is 8.55. The first-order valence-electron chi connectivity index (χ1n) is 8.55. The van der Waals surface area contributed by atoms with Crippen LogP contribution in [-0.2, 0) is 0 Å². The van der Waals surface area contributed by atoms with Crippen LogP contribution in [-0.4, -0.2) is 35.0 Å². The van der Waals surface area contributed by atoms with E-state index in [1.54, 1.807) is 6.20 Å². The van der Waals surface area contributed by atoms with Crippen molar-refractivity contribution in [3.8, 4) is 5.88 Å². The van der Waals surface area contributed by atoms with Crippen molar-refractivity contribution >= 4 is 5.91 Å². The second-order valence-corrected chi connectivity index (χ2v) is 6.96. The molecular weight excluding hydrogens is 276 g/mol. The molecule has 0 radical (unpaired) electrons. The fourth-order valence-corrected chi connectivity index (χ4v) is 3.78.